The van der Waals surface area contributed by atoms with Gasteiger partial charge in [-0.2, -0.15) is 9.37 Å². The van der Waals surface area contributed by atoms with Crippen molar-refractivity contribution in [3.8, 4) is 5.75 Å². The van der Waals surface area contributed by atoms with E-state index in [-0.39, 0.29) is 5.95 Å². The highest BCUT2D eigenvalue weighted by molar-refractivity contribution is 5.62. The number of hydrogen-bond acceptors (Lipinski definition) is 4. The molecule has 0 fully saturated rings. The van der Waals surface area contributed by atoms with Gasteiger partial charge in [0.1, 0.15) is 5.75 Å². The topological polar surface area (TPSA) is 56.1 Å². The van der Waals surface area contributed by atoms with Gasteiger partial charge in [-0.05, 0) is 42.7 Å². The fourth-order valence-corrected chi connectivity index (χ4v) is 2.73. The van der Waals surface area contributed by atoms with E-state index in [0.29, 0.717) is 6.54 Å². The number of nitrogens with zero attached hydrogens (tertiary/aromatic N) is 2. The lowest BCUT2D eigenvalue weighted by Crippen LogP contribution is -2.20. The van der Waals surface area contributed by atoms with Gasteiger partial charge in [-0.15, -0.1) is 0 Å². The summed E-state index contributed by atoms with van der Waals surface area (Å²) in [7, 11) is 1.62. The van der Waals surface area contributed by atoms with Gasteiger partial charge in [-0.25, -0.2) is 0 Å². The first-order chi connectivity index (χ1) is 12.5. The molecule has 0 aliphatic heterocycles. The molecule has 6 heteroatoms. The molecule has 134 valence electrons. The lowest BCUT2D eigenvalue weighted by atomic mass is 10.1. The molecule has 0 spiro atoms. The molecule has 0 unspecified atom stereocenters. The van der Waals surface area contributed by atoms with Gasteiger partial charge in [0, 0.05) is 11.9 Å². The second-order valence-corrected chi connectivity index (χ2v) is 6.09. The van der Waals surface area contributed by atoms with E-state index in [0.717, 1.165) is 28.1 Å². The highest BCUT2D eigenvalue weighted by atomic mass is 19.1. The van der Waals surface area contributed by atoms with Crippen LogP contribution in [0.25, 0.3) is 0 Å². The fraction of sp³-hybridized carbons (Fsp3) is 0.200. The first-order valence-electron chi connectivity index (χ1n) is 8.21. The van der Waals surface area contributed by atoms with E-state index in [1.165, 1.54) is 6.20 Å². The third kappa shape index (κ3) is 3.74. The van der Waals surface area contributed by atoms with Crippen molar-refractivity contribution in [3.05, 3.63) is 81.5 Å². The highest BCUT2D eigenvalue weighted by Gasteiger charge is 2.12. The van der Waals surface area contributed by atoms with Crippen LogP contribution in [0.15, 0.2) is 53.5 Å². The molecule has 0 aliphatic carbocycles. The number of nitrogens with one attached hydrogen (secondary N) is 1. The molecule has 1 heterocycles. The van der Waals surface area contributed by atoms with Gasteiger partial charge in [0.15, 0.2) is 0 Å². The molecule has 1 N–H and O–H groups in total. The Kier molecular flexibility index (Phi) is 5.02. The Morgan fingerprint density at radius 3 is 2.58 bits per heavy atom. The van der Waals surface area contributed by atoms with Crippen molar-refractivity contribution in [2.75, 3.05) is 12.4 Å². The number of ether oxygens (including phenoxy) is 1. The van der Waals surface area contributed by atoms with Crippen LogP contribution in [-0.4, -0.2) is 16.7 Å². The summed E-state index contributed by atoms with van der Waals surface area (Å²) < 4.78 is 20.7. The number of benzene rings is 2. The van der Waals surface area contributed by atoms with Crippen LogP contribution >= 0.6 is 0 Å². The van der Waals surface area contributed by atoms with E-state index in [9.17, 15) is 9.18 Å². The minimum absolute atomic E-state index is 0.285. The van der Waals surface area contributed by atoms with Crippen LogP contribution in [0.2, 0.25) is 0 Å². The fourth-order valence-electron chi connectivity index (χ4n) is 2.73. The maximum atomic E-state index is 13.8. The maximum absolute atomic E-state index is 13.8. The molecular weight excluding hydrogens is 333 g/mol. The summed E-state index contributed by atoms with van der Waals surface area (Å²) in [5.74, 6) is 0.184. The minimum Gasteiger partial charge on any atom is -0.496 e. The van der Waals surface area contributed by atoms with Crippen molar-refractivity contribution in [3.63, 3.8) is 0 Å². The summed E-state index contributed by atoms with van der Waals surface area (Å²) in [6.45, 7) is 4.24. The van der Waals surface area contributed by atoms with Gasteiger partial charge in [0.2, 0.25) is 11.8 Å². The minimum atomic E-state index is -0.889. The summed E-state index contributed by atoms with van der Waals surface area (Å²) in [6.07, 6.45) is 1.18. The third-order valence-electron chi connectivity index (χ3n) is 4.14. The molecule has 0 saturated heterocycles. The van der Waals surface area contributed by atoms with Gasteiger partial charge >= 0.3 is 5.56 Å². The van der Waals surface area contributed by atoms with E-state index in [4.69, 9.17) is 4.74 Å². The average molecular weight is 353 g/mol. The molecule has 0 aliphatic rings. The van der Waals surface area contributed by atoms with Gasteiger partial charge in [0.05, 0.1) is 13.7 Å². The summed E-state index contributed by atoms with van der Waals surface area (Å²) in [4.78, 5) is 15.6. The molecule has 0 atom stereocenters. The van der Waals surface area contributed by atoms with Gasteiger partial charge < -0.3 is 14.6 Å². The van der Waals surface area contributed by atoms with E-state index < -0.39 is 11.4 Å². The van der Waals surface area contributed by atoms with Crippen LogP contribution < -0.4 is 15.6 Å². The lowest BCUT2D eigenvalue weighted by Gasteiger charge is -2.17. The van der Waals surface area contributed by atoms with Crippen LogP contribution in [0.4, 0.5) is 16.0 Å². The standard InChI is InChI=1S/C20H20FN3O2/c1-13-10-18(26-3)14(2)9-17(13)22-20-23-19(25)16(21)12-24(20)11-15-7-5-4-6-8-15/h4-10,12H,11H2,1-3H3,(H,22,23,25). The Balaban J connectivity index is 2.01. The third-order valence-corrected chi connectivity index (χ3v) is 4.14. The Morgan fingerprint density at radius 1 is 1.15 bits per heavy atom. The van der Waals surface area contributed by atoms with Crippen molar-refractivity contribution < 1.29 is 9.13 Å². The van der Waals surface area contributed by atoms with Crippen LogP contribution in [0.3, 0.4) is 0 Å². The zero-order valence-electron chi connectivity index (χ0n) is 14.9. The van der Waals surface area contributed by atoms with E-state index in [2.05, 4.69) is 10.3 Å². The van der Waals surface area contributed by atoms with Crippen molar-refractivity contribution in [1.82, 2.24) is 9.55 Å². The Bertz CT molecular complexity index is 984. The zero-order chi connectivity index (χ0) is 18.7. The predicted molar refractivity (Wildman–Crippen MR) is 99.7 cm³/mol. The summed E-state index contributed by atoms with van der Waals surface area (Å²) in [6, 6.07) is 13.4. The van der Waals surface area contributed by atoms with Gasteiger partial charge in [-0.1, -0.05) is 30.3 Å². The molecule has 1 aromatic heterocycles. The summed E-state index contributed by atoms with van der Waals surface area (Å²) in [5, 5.41) is 3.15. The summed E-state index contributed by atoms with van der Waals surface area (Å²) >= 11 is 0. The van der Waals surface area contributed by atoms with Crippen molar-refractivity contribution in [2.24, 2.45) is 0 Å². The molecule has 3 rings (SSSR count). The van der Waals surface area contributed by atoms with Gasteiger partial charge in [0.25, 0.3) is 0 Å². The SMILES string of the molecule is COc1cc(C)c(Nc2nc(=O)c(F)cn2Cc2ccccc2)cc1C. The number of methoxy groups -OCH3 is 1. The second-order valence-electron chi connectivity index (χ2n) is 6.09. The van der Waals surface area contributed by atoms with E-state index >= 15 is 0 Å². The normalized spacial score (nSPS) is 10.6. The molecule has 3 aromatic rings. The molecule has 26 heavy (non-hydrogen) atoms. The number of aromatic nitrogens is 2. The zero-order valence-corrected chi connectivity index (χ0v) is 14.9. The van der Waals surface area contributed by atoms with Crippen LogP contribution in [-0.2, 0) is 6.54 Å². The Hall–Kier alpha value is -3.15. The average Bonchev–Trinajstić information content (AvgIpc) is 2.63. The molecular formula is C20H20FN3O2. The first kappa shape index (κ1) is 17.7. The van der Waals surface area contributed by atoms with Crippen molar-refractivity contribution in [1.29, 1.82) is 0 Å². The van der Waals surface area contributed by atoms with Crippen LogP contribution in [0, 0.1) is 19.7 Å². The predicted octanol–water partition coefficient (Wildman–Crippen LogP) is 3.80. The monoisotopic (exact) mass is 353 g/mol. The number of aryl methyl sites for hydroxylation is 2. The lowest BCUT2D eigenvalue weighted by molar-refractivity contribution is 0.411. The molecule has 0 bridgehead atoms. The number of anilines is 2. The quantitative estimate of drug-likeness (QED) is 0.758. The number of hydrogen-bond donors (Lipinski definition) is 1. The number of rotatable bonds is 5. The first-order valence-corrected chi connectivity index (χ1v) is 8.21. The molecule has 5 nitrogen and oxygen atoms in total. The summed E-state index contributed by atoms with van der Waals surface area (Å²) in [5.41, 5.74) is 2.74. The number of halogens is 1. The molecule has 0 amide bonds. The smallest absolute Gasteiger partial charge is 0.310 e. The molecule has 2 aromatic carbocycles. The van der Waals surface area contributed by atoms with Crippen molar-refractivity contribution in [2.45, 2.75) is 20.4 Å². The van der Waals surface area contributed by atoms with Crippen molar-refractivity contribution >= 4 is 11.6 Å². The second kappa shape index (κ2) is 7.39. The highest BCUT2D eigenvalue weighted by Crippen LogP contribution is 2.27. The maximum Gasteiger partial charge on any atom is 0.310 e. The van der Waals surface area contributed by atoms with E-state index in [1.54, 1.807) is 11.7 Å². The Labute approximate surface area is 151 Å². The van der Waals surface area contributed by atoms with Gasteiger partial charge in [-0.3, -0.25) is 4.79 Å². The van der Waals surface area contributed by atoms with E-state index in [1.807, 2.05) is 56.3 Å². The Morgan fingerprint density at radius 2 is 1.88 bits per heavy atom. The molecule has 0 radical (unpaired) electrons. The van der Waals surface area contributed by atoms with Crippen LogP contribution in [0.1, 0.15) is 16.7 Å². The largest absolute Gasteiger partial charge is 0.496 e. The molecule has 0 saturated carbocycles. The van der Waals surface area contributed by atoms with Crippen LogP contribution in [0.5, 0.6) is 5.75 Å².